The molecule has 0 saturated carbocycles. The third kappa shape index (κ3) is 2.22. The van der Waals surface area contributed by atoms with Crippen LogP contribution in [0.4, 0.5) is 0 Å². The number of aromatic nitrogens is 2. The van der Waals surface area contributed by atoms with Crippen molar-refractivity contribution in [2.24, 2.45) is 0 Å². The Morgan fingerprint density at radius 2 is 2.00 bits per heavy atom. The maximum atomic E-state index is 4.01. The monoisotopic (exact) mass is 186 g/mol. The lowest BCUT2D eigenvalue weighted by Crippen LogP contribution is -1.98. The molecule has 1 aromatic carbocycles. The second-order valence-electron chi connectivity index (χ2n) is 3.54. The molecule has 2 heteroatoms. The van der Waals surface area contributed by atoms with Gasteiger partial charge in [-0.25, -0.2) is 4.98 Å². The van der Waals surface area contributed by atoms with Crippen molar-refractivity contribution in [2.45, 2.75) is 19.9 Å². The van der Waals surface area contributed by atoms with E-state index in [2.05, 4.69) is 40.7 Å². The van der Waals surface area contributed by atoms with E-state index in [0.717, 1.165) is 13.0 Å². The zero-order valence-corrected chi connectivity index (χ0v) is 8.35. The first-order valence-electron chi connectivity index (χ1n) is 4.86. The summed E-state index contributed by atoms with van der Waals surface area (Å²) in [7, 11) is 0. The van der Waals surface area contributed by atoms with Gasteiger partial charge < -0.3 is 4.57 Å². The molecule has 2 rings (SSSR count). The van der Waals surface area contributed by atoms with E-state index in [4.69, 9.17) is 0 Å². The number of benzene rings is 1. The van der Waals surface area contributed by atoms with Crippen LogP contribution in [0.15, 0.2) is 43.0 Å². The highest BCUT2D eigenvalue weighted by Gasteiger charge is 1.93. The molecule has 72 valence electrons. The van der Waals surface area contributed by atoms with E-state index in [0.29, 0.717) is 0 Å². The minimum Gasteiger partial charge on any atom is -0.337 e. The van der Waals surface area contributed by atoms with Gasteiger partial charge in [-0.15, -0.1) is 0 Å². The molecule has 0 radical (unpaired) electrons. The van der Waals surface area contributed by atoms with E-state index in [1.54, 1.807) is 0 Å². The number of rotatable bonds is 3. The number of hydrogen-bond acceptors (Lipinski definition) is 1. The smallest absolute Gasteiger partial charge is 0.0946 e. The summed E-state index contributed by atoms with van der Waals surface area (Å²) in [5, 5.41) is 0. The molecule has 0 fully saturated rings. The summed E-state index contributed by atoms with van der Waals surface area (Å²) in [4.78, 5) is 4.01. The maximum Gasteiger partial charge on any atom is 0.0946 e. The summed E-state index contributed by atoms with van der Waals surface area (Å²) in [6, 6.07) is 8.69. The summed E-state index contributed by atoms with van der Waals surface area (Å²) in [5.41, 5.74) is 2.70. The van der Waals surface area contributed by atoms with Crippen LogP contribution in [0.3, 0.4) is 0 Å². The van der Waals surface area contributed by atoms with E-state index < -0.39 is 0 Å². The molecule has 0 atom stereocenters. The van der Waals surface area contributed by atoms with Gasteiger partial charge in [0.25, 0.3) is 0 Å². The van der Waals surface area contributed by atoms with Crippen molar-refractivity contribution in [3.05, 3.63) is 54.1 Å². The second-order valence-corrected chi connectivity index (χ2v) is 3.54. The normalized spacial score (nSPS) is 10.4. The Balaban J connectivity index is 1.95. The van der Waals surface area contributed by atoms with Crippen molar-refractivity contribution in [1.82, 2.24) is 9.55 Å². The topological polar surface area (TPSA) is 17.8 Å². The molecule has 0 bridgehead atoms. The highest BCUT2D eigenvalue weighted by atomic mass is 15.0. The zero-order chi connectivity index (χ0) is 9.80. The molecule has 0 spiro atoms. The summed E-state index contributed by atoms with van der Waals surface area (Å²) in [6.07, 6.45) is 6.73. The second kappa shape index (κ2) is 4.09. The predicted octanol–water partition coefficient (Wildman–Crippen LogP) is 2.43. The predicted molar refractivity (Wildman–Crippen MR) is 57.1 cm³/mol. The van der Waals surface area contributed by atoms with Crippen molar-refractivity contribution in [3.63, 3.8) is 0 Å². The fourth-order valence-electron chi connectivity index (χ4n) is 1.43. The van der Waals surface area contributed by atoms with Gasteiger partial charge in [-0.05, 0) is 18.9 Å². The Morgan fingerprint density at radius 3 is 2.64 bits per heavy atom. The van der Waals surface area contributed by atoms with Crippen LogP contribution in [0.2, 0.25) is 0 Å². The number of aryl methyl sites for hydroxylation is 3. The van der Waals surface area contributed by atoms with Crippen molar-refractivity contribution in [3.8, 4) is 0 Å². The van der Waals surface area contributed by atoms with Gasteiger partial charge in [0.2, 0.25) is 0 Å². The molecule has 0 N–H and O–H groups in total. The molecule has 1 heterocycles. The van der Waals surface area contributed by atoms with Crippen molar-refractivity contribution in [1.29, 1.82) is 0 Å². The van der Waals surface area contributed by atoms with Crippen LogP contribution in [-0.2, 0) is 13.0 Å². The third-order valence-electron chi connectivity index (χ3n) is 2.34. The summed E-state index contributed by atoms with van der Waals surface area (Å²) >= 11 is 0. The Hall–Kier alpha value is -1.57. The van der Waals surface area contributed by atoms with E-state index >= 15 is 0 Å². The van der Waals surface area contributed by atoms with Crippen molar-refractivity contribution < 1.29 is 0 Å². The first-order valence-corrected chi connectivity index (χ1v) is 4.86. The number of imidazole rings is 1. The van der Waals surface area contributed by atoms with E-state index in [-0.39, 0.29) is 0 Å². The quantitative estimate of drug-likeness (QED) is 0.720. The Kier molecular flexibility index (Phi) is 2.63. The Bertz CT molecular complexity index is 373. The molecular weight excluding hydrogens is 172 g/mol. The minimum absolute atomic E-state index is 1.00. The SMILES string of the molecule is Cc1ccc(CCn2ccnc2)cc1. The van der Waals surface area contributed by atoms with Crippen molar-refractivity contribution in [2.75, 3.05) is 0 Å². The van der Waals surface area contributed by atoms with Crippen LogP contribution in [-0.4, -0.2) is 9.55 Å². The summed E-state index contributed by atoms with van der Waals surface area (Å²) in [6.45, 7) is 3.11. The lowest BCUT2D eigenvalue weighted by atomic mass is 10.1. The van der Waals surface area contributed by atoms with Crippen LogP contribution in [0.25, 0.3) is 0 Å². The van der Waals surface area contributed by atoms with Crippen LogP contribution in [0.1, 0.15) is 11.1 Å². The standard InChI is InChI=1S/C12H14N2/c1-11-2-4-12(5-3-11)6-8-14-9-7-13-10-14/h2-5,7,9-10H,6,8H2,1H3. The average Bonchev–Trinajstić information content (AvgIpc) is 2.70. The van der Waals surface area contributed by atoms with Gasteiger partial charge in [0.15, 0.2) is 0 Å². The summed E-state index contributed by atoms with van der Waals surface area (Å²) in [5.74, 6) is 0. The van der Waals surface area contributed by atoms with E-state index in [1.165, 1.54) is 11.1 Å². The van der Waals surface area contributed by atoms with Crippen LogP contribution in [0, 0.1) is 6.92 Å². The highest BCUT2D eigenvalue weighted by Crippen LogP contribution is 2.04. The number of nitrogens with zero attached hydrogens (tertiary/aromatic N) is 2. The van der Waals surface area contributed by atoms with Crippen molar-refractivity contribution >= 4 is 0 Å². The lowest BCUT2D eigenvalue weighted by Gasteiger charge is -2.02. The largest absolute Gasteiger partial charge is 0.337 e. The highest BCUT2D eigenvalue weighted by molar-refractivity contribution is 5.21. The molecule has 0 amide bonds. The summed E-state index contributed by atoms with van der Waals surface area (Å²) < 4.78 is 2.10. The molecule has 0 aliphatic carbocycles. The van der Waals surface area contributed by atoms with Gasteiger partial charge in [0.05, 0.1) is 6.33 Å². The first-order chi connectivity index (χ1) is 6.84. The molecular formula is C12H14N2. The van der Waals surface area contributed by atoms with Crippen LogP contribution in [0.5, 0.6) is 0 Å². The molecule has 0 aliphatic heterocycles. The van der Waals surface area contributed by atoms with Gasteiger partial charge in [-0.1, -0.05) is 29.8 Å². The maximum absolute atomic E-state index is 4.01. The molecule has 14 heavy (non-hydrogen) atoms. The average molecular weight is 186 g/mol. The molecule has 2 aromatic rings. The molecule has 0 unspecified atom stereocenters. The molecule has 1 aromatic heterocycles. The molecule has 2 nitrogen and oxygen atoms in total. The Morgan fingerprint density at radius 1 is 1.21 bits per heavy atom. The first kappa shape index (κ1) is 9.00. The van der Waals surface area contributed by atoms with Gasteiger partial charge in [-0.2, -0.15) is 0 Å². The molecule has 0 aliphatic rings. The van der Waals surface area contributed by atoms with Gasteiger partial charge in [0.1, 0.15) is 0 Å². The van der Waals surface area contributed by atoms with E-state index in [9.17, 15) is 0 Å². The van der Waals surface area contributed by atoms with Gasteiger partial charge >= 0.3 is 0 Å². The molecule has 0 saturated heterocycles. The lowest BCUT2D eigenvalue weighted by molar-refractivity contribution is 0.695. The van der Waals surface area contributed by atoms with Gasteiger partial charge in [-0.3, -0.25) is 0 Å². The number of hydrogen-bond donors (Lipinski definition) is 0. The van der Waals surface area contributed by atoms with E-state index in [1.807, 2.05) is 18.7 Å². The fraction of sp³-hybridized carbons (Fsp3) is 0.250. The fourth-order valence-corrected chi connectivity index (χ4v) is 1.43. The zero-order valence-electron chi connectivity index (χ0n) is 8.35. The van der Waals surface area contributed by atoms with Crippen LogP contribution >= 0.6 is 0 Å². The van der Waals surface area contributed by atoms with Crippen LogP contribution < -0.4 is 0 Å². The minimum atomic E-state index is 1.00. The third-order valence-corrected chi connectivity index (χ3v) is 2.34. The van der Waals surface area contributed by atoms with Gasteiger partial charge in [0, 0.05) is 18.9 Å². The Labute approximate surface area is 84.2 Å².